The number of sulfonamides is 1. The fourth-order valence-electron chi connectivity index (χ4n) is 1.23. The molecule has 0 atom stereocenters. The summed E-state index contributed by atoms with van der Waals surface area (Å²) >= 11 is 5.20. The molecular weight excluding hydrogens is 269 g/mol. The van der Waals surface area contributed by atoms with Crippen LogP contribution in [0.1, 0.15) is 6.92 Å². The molecule has 0 saturated heterocycles. The van der Waals surface area contributed by atoms with Crippen LogP contribution >= 0.6 is 11.6 Å². The van der Waals surface area contributed by atoms with Gasteiger partial charge in [-0.15, -0.1) is 0 Å². The van der Waals surface area contributed by atoms with Crippen LogP contribution in [0.3, 0.4) is 0 Å². The Hall–Kier alpha value is -1.14. The van der Waals surface area contributed by atoms with Crippen LogP contribution in [0.2, 0.25) is 0 Å². The van der Waals surface area contributed by atoms with E-state index < -0.39 is 27.6 Å². The second-order valence-corrected chi connectivity index (χ2v) is 5.84. The Morgan fingerprint density at radius 1 is 1.35 bits per heavy atom. The van der Waals surface area contributed by atoms with E-state index in [1.54, 1.807) is 0 Å². The lowest BCUT2D eigenvalue weighted by Gasteiger charge is -2.21. The fraction of sp³-hybridized carbons (Fsp3) is 0.300. The van der Waals surface area contributed by atoms with Crippen LogP contribution < -0.4 is 4.31 Å². The van der Waals surface area contributed by atoms with Crippen LogP contribution in [-0.2, 0) is 14.8 Å². The summed E-state index contributed by atoms with van der Waals surface area (Å²) in [5.41, 5.74) is 0.210. The number of carbonyl (C=O) groups is 1. The first-order chi connectivity index (χ1) is 7.86. The molecule has 0 aliphatic heterocycles. The molecule has 0 unspecified atom stereocenters. The summed E-state index contributed by atoms with van der Waals surface area (Å²) in [7, 11) is -3.62. The van der Waals surface area contributed by atoms with Gasteiger partial charge in [0.05, 0.1) is 11.4 Å². The van der Waals surface area contributed by atoms with Crippen LogP contribution in [0.25, 0.3) is 0 Å². The molecule has 0 aliphatic carbocycles. The second kappa shape index (κ2) is 5.46. The largest absolute Gasteiger partial charge is 0.279 e. The number of anilines is 1. The summed E-state index contributed by atoms with van der Waals surface area (Å²) in [6.07, 6.45) is 0. The molecule has 1 rings (SSSR count). The number of benzene rings is 1. The van der Waals surface area contributed by atoms with Gasteiger partial charge in [0.25, 0.3) is 0 Å². The molecule has 4 nitrogen and oxygen atoms in total. The average molecular weight is 280 g/mol. The van der Waals surface area contributed by atoms with E-state index >= 15 is 0 Å². The number of rotatable bonds is 5. The molecule has 0 radical (unpaired) electrons. The SMILES string of the molecule is CCS(=O)(=O)N(CC(=O)Cl)c1ccc(F)cc1. The van der Waals surface area contributed by atoms with Gasteiger partial charge in [-0.05, 0) is 42.8 Å². The molecule has 0 amide bonds. The highest BCUT2D eigenvalue weighted by Crippen LogP contribution is 2.19. The lowest BCUT2D eigenvalue weighted by Crippen LogP contribution is -2.35. The van der Waals surface area contributed by atoms with E-state index in [4.69, 9.17) is 11.6 Å². The zero-order valence-electron chi connectivity index (χ0n) is 9.06. The Morgan fingerprint density at radius 3 is 2.29 bits per heavy atom. The lowest BCUT2D eigenvalue weighted by molar-refractivity contribution is -0.110. The second-order valence-electron chi connectivity index (χ2n) is 3.24. The van der Waals surface area contributed by atoms with Crippen molar-refractivity contribution in [3.63, 3.8) is 0 Å². The molecule has 0 bridgehead atoms. The number of halogens is 2. The van der Waals surface area contributed by atoms with Crippen molar-refractivity contribution in [1.82, 2.24) is 0 Å². The predicted molar refractivity (Wildman–Crippen MR) is 64.1 cm³/mol. The number of hydrogen-bond donors (Lipinski definition) is 0. The maximum absolute atomic E-state index is 12.7. The van der Waals surface area contributed by atoms with Crippen molar-refractivity contribution in [2.45, 2.75) is 6.92 Å². The smallest absolute Gasteiger partial charge is 0.242 e. The van der Waals surface area contributed by atoms with Crippen molar-refractivity contribution in [2.24, 2.45) is 0 Å². The fourth-order valence-corrected chi connectivity index (χ4v) is 2.49. The van der Waals surface area contributed by atoms with E-state index in [1.807, 2.05) is 0 Å². The normalized spacial score (nSPS) is 11.2. The van der Waals surface area contributed by atoms with Crippen molar-refractivity contribution in [3.05, 3.63) is 30.1 Å². The minimum Gasteiger partial charge on any atom is -0.279 e. The molecule has 0 fully saturated rings. The van der Waals surface area contributed by atoms with Gasteiger partial charge in [0.1, 0.15) is 12.4 Å². The van der Waals surface area contributed by atoms with Gasteiger partial charge in [-0.1, -0.05) is 0 Å². The monoisotopic (exact) mass is 279 g/mol. The van der Waals surface area contributed by atoms with Gasteiger partial charge in [0.15, 0.2) is 0 Å². The van der Waals surface area contributed by atoms with E-state index in [9.17, 15) is 17.6 Å². The zero-order chi connectivity index (χ0) is 13.1. The molecule has 0 aliphatic rings. The predicted octanol–water partition coefficient (Wildman–Crippen LogP) is 1.75. The number of carbonyl (C=O) groups excluding carboxylic acids is 1. The number of nitrogens with zero attached hydrogens (tertiary/aromatic N) is 1. The van der Waals surface area contributed by atoms with Gasteiger partial charge in [-0.3, -0.25) is 9.10 Å². The Morgan fingerprint density at radius 2 is 1.88 bits per heavy atom. The van der Waals surface area contributed by atoms with E-state index in [2.05, 4.69) is 0 Å². The highest BCUT2D eigenvalue weighted by atomic mass is 35.5. The van der Waals surface area contributed by atoms with Crippen LogP contribution in [0.15, 0.2) is 24.3 Å². The molecule has 0 saturated carbocycles. The van der Waals surface area contributed by atoms with Crippen LogP contribution in [-0.4, -0.2) is 26.0 Å². The van der Waals surface area contributed by atoms with E-state index in [-0.39, 0.29) is 11.4 Å². The highest BCUT2D eigenvalue weighted by molar-refractivity contribution is 7.92. The highest BCUT2D eigenvalue weighted by Gasteiger charge is 2.22. The average Bonchev–Trinajstić information content (AvgIpc) is 2.27. The summed E-state index contributed by atoms with van der Waals surface area (Å²) in [5, 5.41) is -0.800. The van der Waals surface area contributed by atoms with Crippen molar-refractivity contribution in [2.75, 3.05) is 16.6 Å². The maximum Gasteiger partial charge on any atom is 0.242 e. The summed E-state index contributed by atoms with van der Waals surface area (Å²) in [6.45, 7) is 0.980. The van der Waals surface area contributed by atoms with Gasteiger partial charge >= 0.3 is 0 Å². The van der Waals surface area contributed by atoms with Crippen LogP contribution in [0.5, 0.6) is 0 Å². The first kappa shape index (κ1) is 13.9. The molecule has 0 spiro atoms. The van der Waals surface area contributed by atoms with E-state index in [1.165, 1.54) is 19.1 Å². The van der Waals surface area contributed by atoms with Gasteiger partial charge in [0.2, 0.25) is 15.3 Å². The summed E-state index contributed by atoms with van der Waals surface area (Å²) in [4.78, 5) is 10.8. The molecule has 94 valence electrons. The van der Waals surface area contributed by atoms with Gasteiger partial charge in [0, 0.05) is 0 Å². The molecule has 7 heteroatoms. The topological polar surface area (TPSA) is 54.5 Å². The third kappa shape index (κ3) is 3.67. The Bertz CT molecular complexity index is 501. The Kier molecular flexibility index (Phi) is 4.47. The minimum absolute atomic E-state index is 0.172. The van der Waals surface area contributed by atoms with Crippen LogP contribution in [0.4, 0.5) is 10.1 Å². The first-order valence-corrected chi connectivity index (χ1v) is 6.80. The zero-order valence-corrected chi connectivity index (χ0v) is 10.6. The summed E-state index contributed by atoms with van der Waals surface area (Å²) in [5.74, 6) is -0.658. The molecule has 0 aromatic heterocycles. The molecule has 1 aromatic carbocycles. The van der Waals surface area contributed by atoms with Crippen molar-refractivity contribution >= 4 is 32.6 Å². The molecule has 0 heterocycles. The minimum atomic E-state index is -3.62. The van der Waals surface area contributed by atoms with Crippen LogP contribution in [0, 0.1) is 5.82 Å². The van der Waals surface area contributed by atoms with Crippen molar-refractivity contribution in [3.8, 4) is 0 Å². The molecule has 0 N–H and O–H groups in total. The van der Waals surface area contributed by atoms with Gasteiger partial charge < -0.3 is 0 Å². The molecule has 17 heavy (non-hydrogen) atoms. The molecular formula is C10H11ClFNO3S. The maximum atomic E-state index is 12.7. The van der Waals surface area contributed by atoms with E-state index in [0.717, 1.165) is 16.4 Å². The third-order valence-electron chi connectivity index (χ3n) is 2.08. The number of hydrogen-bond acceptors (Lipinski definition) is 3. The summed E-state index contributed by atoms with van der Waals surface area (Å²) in [6, 6.07) is 4.79. The Balaban J connectivity index is 3.15. The van der Waals surface area contributed by atoms with Crippen molar-refractivity contribution in [1.29, 1.82) is 0 Å². The van der Waals surface area contributed by atoms with E-state index in [0.29, 0.717) is 0 Å². The molecule has 1 aromatic rings. The Labute approximate surface area is 104 Å². The summed E-state index contributed by atoms with van der Waals surface area (Å²) < 4.78 is 37.1. The van der Waals surface area contributed by atoms with Gasteiger partial charge in [-0.2, -0.15) is 0 Å². The first-order valence-electron chi connectivity index (χ1n) is 4.81. The third-order valence-corrected chi connectivity index (χ3v) is 3.94. The lowest BCUT2D eigenvalue weighted by atomic mass is 10.3. The quantitative estimate of drug-likeness (QED) is 0.772. The van der Waals surface area contributed by atoms with Crippen molar-refractivity contribution < 1.29 is 17.6 Å². The standard InChI is InChI=1S/C10H11ClFNO3S/c1-2-17(15,16)13(7-10(11)14)9-5-3-8(12)4-6-9/h3-6H,2,7H2,1H3. The van der Waals surface area contributed by atoms with Gasteiger partial charge in [-0.25, -0.2) is 12.8 Å².